The second kappa shape index (κ2) is 6.44. The molecule has 0 bridgehead atoms. The summed E-state index contributed by atoms with van der Waals surface area (Å²) in [5.41, 5.74) is 4.82. The van der Waals surface area contributed by atoms with Crippen LogP contribution in [0, 0.1) is 12.7 Å². The first-order valence-electron chi connectivity index (χ1n) is 8.21. The van der Waals surface area contributed by atoms with Crippen LogP contribution in [0.5, 0.6) is 0 Å². The Balaban J connectivity index is 1.61. The molecule has 4 nitrogen and oxygen atoms in total. The molecule has 2 heterocycles. The van der Waals surface area contributed by atoms with Gasteiger partial charge in [-0.1, -0.05) is 12.1 Å². The third-order valence-electron chi connectivity index (χ3n) is 4.14. The van der Waals surface area contributed by atoms with Gasteiger partial charge in [-0.2, -0.15) is 0 Å². The lowest BCUT2D eigenvalue weighted by Gasteiger charge is -2.06. The van der Waals surface area contributed by atoms with Crippen molar-refractivity contribution in [2.24, 2.45) is 0 Å². The van der Waals surface area contributed by atoms with Gasteiger partial charge in [-0.05, 0) is 61.0 Å². The fraction of sp³-hybridized carbons (Fsp3) is 0.0476. The van der Waals surface area contributed by atoms with E-state index in [4.69, 9.17) is 0 Å². The van der Waals surface area contributed by atoms with Crippen LogP contribution in [-0.4, -0.2) is 15.3 Å². The average Bonchev–Trinajstić information content (AvgIpc) is 3.05. The number of nitrogens with zero attached hydrogens (tertiary/aromatic N) is 2. The van der Waals surface area contributed by atoms with Gasteiger partial charge in [-0.15, -0.1) is 0 Å². The number of carbonyl (C=O) groups is 1. The Morgan fingerprint density at radius 1 is 1.08 bits per heavy atom. The predicted octanol–water partition coefficient (Wildman–Crippen LogP) is 4.70. The Morgan fingerprint density at radius 3 is 2.69 bits per heavy atom. The SMILES string of the molecule is Cc1ccn2cc(-c3cccc(NC(=O)c4ccc(F)cc4)c3)nc2c1. The van der Waals surface area contributed by atoms with Crippen LogP contribution < -0.4 is 5.32 Å². The van der Waals surface area contributed by atoms with Crippen LogP contribution in [0.2, 0.25) is 0 Å². The normalized spacial score (nSPS) is 10.8. The van der Waals surface area contributed by atoms with Crippen LogP contribution >= 0.6 is 0 Å². The number of hydrogen-bond donors (Lipinski definition) is 1. The number of amides is 1. The molecule has 128 valence electrons. The van der Waals surface area contributed by atoms with Crippen molar-refractivity contribution in [2.45, 2.75) is 6.92 Å². The highest BCUT2D eigenvalue weighted by molar-refractivity contribution is 6.04. The fourth-order valence-corrected chi connectivity index (χ4v) is 2.78. The summed E-state index contributed by atoms with van der Waals surface area (Å²) in [6, 6.07) is 17.0. The van der Waals surface area contributed by atoms with E-state index in [1.54, 1.807) is 0 Å². The molecule has 4 rings (SSSR count). The third kappa shape index (κ3) is 3.19. The zero-order valence-corrected chi connectivity index (χ0v) is 14.1. The molecular formula is C21H16FN3O. The van der Waals surface area contributed by atoms with Crippen molar-refractivity contribution in [1.82, 2.24) is 9.38 Å². The van der Waals surface area contributed by atoms with Gasteiger partial charge in [0.25, 0.3) is 5.91 Å². The first-order chi connectivity index (χ1) is 12.6. The van der Waals surface area contributed by atoms with Gasteiger partial charge in [0.05, 0.1) is 5.69 Å². The van der Waals surface area contributed by atoms with Crippen molar-refractivity contribution in [2.75, 3.05) is 5.32 Å². The number of hydrogen-bond acceptors (Lipinski definition) is 2. The highest BCUT2D eigenvalue weighted by Crippen LogP contribution is 2.23. The summed E-state index contributed by atoms with van der Waals surface area (Å²) in [5.74, 6) is -0.654. The minimum atomic E-state index is -0.370. The highest BCUT2D eigenvalue weighted by Gasteiger charge is 2.09. The van der Waals surface area contributed by atoms with E-state index in [2.05, 4.69) is 10.3 Å². The van der Waals surface area contributed by atoms with Crippen molar-refractivity contribution in [3.05, 3.63) is 90.0 Å². The van der Waals surface area contributed by atoms with E-state index < -0.39 is 0 Å². The number of halogens is 1. The summed E-state index contributed by atoms with van der Waals surface area (Å²) in [6.07, 6.45) is 3.93. The van der Waals surface area contributed by atoms with Crippen molar-refractivity contribution in [1.29, 1.82) is 0 Å². The van der Waals surface area contributed by atoms with Gasteiger partial charge in [0, 0.05) is 29.2 Å². The maximum Gasteiger partial charge on any atom is 0.255 e. The number of carbonyl (C=O) groups excluding carboxylic acids is 1. The third-order valence-corrected chi connectivity index (χ3v) is 4.14. The molecule has 0 aliphatic carbocycles. The number of rotatable bonds is 3. The number of aryl methyl sites for hydroxylation is 1. The van der Waals surface area contributed by atoms with Crippen LogP contribution in [0.1, 0.15) is 15.9 Å². The van der Waals surface area contributed by atoms with Gasteiger partial charge in [-0.25, -0.2) is 9.37 Å². The molecule has 0 fully saturated rings. The van der Waals surface area contributed by atoms with Gasteiger partial charge in [0.1, 0.15) is 11.5 Å². The van der Waals surface area contributed by atoms with E-state index in [0.717, 1.165) is 22.5 Å². The van der Waals surface area contributed by atoms with Gasteiger partial charge >= 0.3 is 0 Å². The van der Waals surface area contributed by atoms with E-state index >= 15 is 0 Å². The number of fused-ring (bicyclic) bond motifs is 1. The van der Waals surface area contributed by atoms with E-state index in [9.17, 15) is 9.18 Å². The molecule has 0 saturated heterocycles. The minimum absolute atomic E-state index is 0.284. The van der Waals surface area contributed by atoms with Crippen LogP contribution in [-0.2, 0) is 0 Å². The molecule has 0 aliphatic heterocycles. The van der Waals surface area contributed by atoms with Gasteiger partial charge in [-0.3, -0.25) is 4.79 Å². The first-order valence-corrected chi connectivity index (χ1v) is 8.21. The fourth-order valence-electron chi connectivity index (χ4n) is 2.78. The van der Waals surface area contributed by atoms with Crippen molar-refractivity contribution in [3.8, 4) is 11.3 Å². The molecule has 0 unspecified atom stereocenters. The molecule has 5 heteroatoms. The maximum absolute atomic E-state index is 13.0. The summed E-state index contributed by atoms with van der Waals surface area (Å²) in [4.78, 5) is 16.9. The quantitative estimate of drug-likeness (QED) is 0.585. The van der Waals surface area contributed by atoms with E-state index in [-0.39, 0.29) is 11.7 Å². The monoisotopic (exact) mass is 345 g/mol. The number of imidazole rings is 1. The minimum Gasteiger partial charge on any atom is -0.322 e. The average molecular weight is 345 g/mol. The molecule has 1 amide bonds. The summed E-state index contributed by atoms with van der Waals surface area (Å²) < 4.78 is 15.0. The molecule has 0 aliphatic rings. The van der Waals surface area contributed by atoms with Crippen LogP contribution in [0.4, 0.5) is 10.1 Å². The van der Waals surface area contributed by atoms with Crippen molar-refractivity contribution in [3.63, 3.8) is 0 Å². The lowest BCUT2D eigenvalue weighted by Crippen LogP contribution is -2.11. The second-order valence-electron chi connectivity index (χ2n) is 6.14. The van der Waals surface area contributed by atoms with Gasteiger partial charge in [0.15, 0.2) is 0 Å². The summed E-state index contributed by atoms with van der Waals surface area (Å²) in [7, 11) is 0. The zero-order chi connectivity index (χ0) is 18.1. The Kier molecular flexibility index (Phi) is 3.97. The van der Waals surface area contributed by atoms with Crippen LogP contribution in [0.3, 0.4) is 0 Å². The molecule has 2 aromatic carbocycles. The van der Waals surface area contributed by atoms with Crippen molar-refractivity contribution < 1.29 is 9.18 Å². The van der Waals surface area contributed by atoms with Crippen molar-refractivity contribution >= 4 is 17.2 Å². The molecule has 0 radical (unpaired) electrons. The highest BCUT2D eigenvalue weighted by atomic mass is 19.1. The smallest absolute Gasteiger partial charge is 0.255 e. The largest absolute Gasteiger partial charge is 0.322 e. The predicted molar refractivity (Wildman–Crippen MR) is 99.7 cm³/mol. The van der Waals surface area contributed by atoms with Gasteiger partial charge < -0.3 is 9.72 Å². The number of benzene rings is 2. The molecule has 0 atom stereocenters. The Morgan fingerprint density at radius 2 is 1.88 bits per heavy atom. The lowest BCUT2D eigenvalue weighted by atomic mass is 10.1. The molecule has 1 N–H and O–H groups in total. The topological polar surface area (TPSA) is 46.4 Å². The first kappa shape index (κ1) is 16.0. The summed E-state index contributed by atoms with van der Waals surface area (Å²) in [6.45, 7) is 2.03. The molecule has 0 saturated carbocycles. The Hall–Kier alpha value is -3.47. The van der Waals surface area contributed by atoms with E-state index in [1.165, 1.54) is 24.3 Å². The standard InChI is InChI=1S/C21H16FN3O/c1-14-9-10-25-13-19(24-20(25)11-14)16-3-2-4-18(12-16)23-21(26)15-5-7-17(22)8-6-15/h2-13H,1H3,(H,23,26). The van der Waals surface area contributed by atoms with Crippen LogP contribution in [0.15, 0.2) is 73.1 Å². The second-order valence-corrected chi connectivity index (χ2v) is 6.14. The number of nitrogens with one attached hydrogen (secondary N) is 1. The number of pyridine rings is 1. The molecule has 0 spiro atoms. The molecule has 2 aromatic heterocycles. The Labute approximate surface area is 149 Å². The summed E-state index contributed by atoms with van der Waals surface area (Å²) >= 11 is 0. The van der Waals surface area contributed by atoms with Crippen LogP contribution in [0.25, 0.3) is 16.9 Å². The van der Waals surface area contributed by atoms with E-state index in [1.807, 2.05) is 60.1 Å². The van der Waals surface area contributed by atoms with E-state index in [0.29, 0.717) is 11.3 Å². The number of aromatic nitrogens is 2. The maximum atomic E-state index is 13.0. The van der Waals surface area contributed by atoms with Gasteiger partial charge in [0.2, 0.25) is 0 Å². The number of anilines is 1. The molecule has 4 aromatic rings. The summed E-state index contributed by atoms with van der Waals surface area (Å²) in [5, 5.41) is 2.83. The lowest BCUT2D eigenvalue weighted by molar-refractivity contribution is 0.102. The Bertz CT molecular complexity index is 1100. The molecular weight excluding hydrogens is 329 g/mol. The molecule has 26 heavy (non-hydrogen) atoms. The zero-order valence-electron chi connectivity index (χ0n) is 14.1.